The van der Waals surface area contributed by atoms with Crippen LogP contribution in [0.4, 0.5) is 0 Å². The monoisotopic (exact) mass is 292 g/mol. The van der Waals surface area contributed by atoms with Gasteiger partial charge in [0.15, 0.2) is 0 Å². The van der Waals surface area contributed by atoms with Crippen molar-refractivity contribution in [3.05, 3.63) is 97.1 Å². The smallest absolute Gasteiger partial charge is 0.0263 e. The van der Waals surface area contributed by atoms with E-state index in [4.69, 9.17) is 0 Å². The van der Waals surface area contributed by atoms with Crippen LogP contribution in [0.3, 0.4) is 0 Å². The molecule has 22 heavy (non-hydrogen) atoms. The normalized spacial score (nSPS) is 9.00. The molecule has 0 nitrogen and oxygen atoms in total. The van der Waals surface area contributed by atoms with Crippen LogP contribution in [0.15, 0.2) is 86.0 Å². The van der Waals surface area contributed by atoms with Crippen LogP contribution in [0, 0.1) is 0 Å². The highest BCUT2D eigenvalue weighted by Gasteiger charge is 1.76. The second kappa shape index (κ2) is 15.1. The zero-order valence-electron chi connectivity index (χ0n) is 13.9. The van der Waals surface area contributed by atoms with Crippen LogP contribution >= 0.6 is 0 Å². The molecule has 0 aliphatic carbocycles. The van der Waals surface area contributed by atoms with E-state index >= 15 is 0 Å². The second-order valence-electron chi connectivity index (χ2n) is 4.52. The lowest BCUT2D eigenvalue weighted by Crippen LogP contribution is -1.63. The summed E-state index contributed by atoms with van der Waals surface area (Å²) in [4.78, 5) is 0. The summed E-state index contributed by atoms with van der Waals surface area (Å²) in [7, 11) is 0. The molecule has 0 heteroatoms. The predicted molar refractivity (Wildman–Crippen MR) is 103 cm³/mol. The first-order valence-corrected chi connectivity index (χ1v) is 7.78. The fourth-order valence-corrected chi connectivity index (χ4v) is 1.51. The highest BCUT2D eigenvalue weighted by atomic mass is 13.8. The quantitative estimate of drug-likeness (QED) is 0.531. The van der Waals surface area contributed by atoms with E-state index in [0.29, 0.717) is 0 Å². The van der Waals surface area contributed by atoms with Crippen LogP contribution in [0.25, 0.3) is 12.2 Å². The van der Waals surface area contributed by atoms with Crippen molar-refractivity contribution in [3.63, 3.8) is 0 Å². The number of benzene rings is 2. The number of hydrogen-bond acceptors (Lipinski definition) is 0. The minimum Gasteiger partial charge on any atom is -0.0985 e. The Bertz CT molecular complexity index is 457. The molecule has 0 spiro atoms. The molecule has 0 unspecified atom stereocenters. The average molecular weight is 292 g/mol. The number of hydrogen-bond donors (Lipinski definition) is 0. The van der Waals surface area contributed by atoms with Gasteiger partial charge in [0.05, 0.1) is 0 Å². The molecule has 0 saturated carbocycles. The van der Waals surface area contributed by atoms with Crippen LogP contribution in [0.2, 0.25) is 0 Å². The van der Waals surface area contributed by atoms with Crippen molar-refractivity contribution < 1.29 is 0 Å². The number of rotatable bonds is 4. The van der Waals surface area contributed by atoms with Crippen LogP contribution in [-0.4, -0.2) is 0 Å². The van der Waals surface area contributed by atoms with E-state index in [2.05, 4.69) is 39.2 Å². The van der Waals surface area contributed by atoms with Crippen LogP contribution < -0.4 is 0 Å². The Morgan fingerprint density at radius 3 is 1.14 bits per heavy atom. The van der Waals surface area contributed by atoms with Gasteiger partial charge >= 0.3 is 0 Å². The summed E-state index contributed by atoms with van der Waals surface area (Å²) in [5.41, 5.74) is 2.35. The lowest BCUT2D eigenvalue weighted by atomic mass is 10.2. The van der Waals surface area contributed by atoms with Gasteiger partial charge < -0.3 is 0 Å². The third-order valence-electron chi connectivity index (χ3n) is 2.71. The minimum absolute atomic E-state index is 1.17. The summed E-state index contributed by atoms with van der Waals surface area (Å²) >= 11 is 0. The highest BCUT2D eigenvalue weighted by molar-refractivity contribution is 5.46. The molecular weight excluding hydrogens is 264 g/mol. The van der Waals surface area contributed by atoms with Gasteiger partial charge in [0.1, 0.15) is 0 Å². The van der Waals surface area contributed by atoms with Gasteiger partial charge in [0.2, 0.25) is 0 Å². The van der Waals surface area contributed by atoms with Crippen molar-refractivity contribution >= 4 is 12.2 Å². The molecule has 0 N–H and O–H groups in total. The van der Waals surface area contributed by atoms with E-state index < -0.39 is 0 Å². The first-order chi connectivity index (χ1) is 10.8. The molecule has 0 aromatic heterocycles. The molecule has 0 aliphatic rings. The topological polar surface area (TPSA) is 0 Å². The van der Waals surface area contributed by atoms with Gasteiger partial charge in [0, 0.05) is 0 Å². The SMILES string of the molecule is C=Cc1ccccc1.C=Cc1ccccc1.CCC=CCC. The Morgan fingerprint density at radius 1 is 0.636 bits per heavy atom. The largest absolute Gasteiger partial charge is 0.0985 e. The third-order valence-corrected chi connectivity index (χ3v) is 2.71. The van der Waals surface area contributed by atoms with Gasteiger partial charge in [-0.3, -0.25) is 0 Å². The average Bonchev–Trinajstić information content (AvgIpc) is 2.62. The van der Waals surface area contributed by atoms with Gasteiger partial charge in [-0.25, -0.2) is 0 Å². The lowest BCUT2D eigenvalue weighted by molar-refractivity contribution is 1.16. The molecule has 2 aromatic rings. The third kappa shape index (κ3) is 11.5. The molecule has 2 aromatic carbocycles. The van der Waals surface area contributed by atoms with Crippen LogP contribution in [-0.2, 0) is 0 Å². The maximum atomic E-state index is 3.63. The summed E-state index contributed by atoms with van der Waals surface area (Å²) in [6.07, 6.45) is 10.4. The van der Waals surface area contributed by atoms with Gasteiger partial charge in [0.25, 0.3) is 0 Å². The Balaban J connectivity index is 0.000000306. The molecule has 0 fully saturated rings. The van der Waals surface area contributed by atoms with Crippen molar-refractivity contribution in [1.29, 1.82) is 0 Å². The summed E-state index contributed by atoms with van der Waals surface area (Å²) in [6, 6.07) is 20.1. The maximum absolute atomic E-state index is 3.63. The summed E-state index contributed by atoms with van der Waals surface area (Å²) < 4.78 is 0. The molecule has 0 atom stereocenters. The molecule has 0 saturated heterocycles. The van der Waals surface area contributed by atoms with E-state index in [-0.39, 0.29) is 0 Å². The Morgan fingerprint density at radius 2 is 0.955 bits per heavy atom. The van der Waals surface area contributed by atoms with Crippen molar-refractivity contribution in [3.8, 4) is 0 Å². The maximum Gasteiger partial charge on any atom is -0.0263 e. The zero-order chi connectivity index (χ0) is 16.5. The summed E-state index contributed by atoms with van der Waals surface area (Å²) in [5, 5.41) is 0. The van der Waals surface area contributed by atoms with Gasteiger partial charge in [-0.05, 0) is 24.0 Å². The molecule has 0 bridgehead atoms. The fourth-order valence-electron chi connectivity index (χ4n) is 1.51. The lowest BCUT2D eigenvalue weighted by Gasteiger charge is -1.85. The molecule has 0 aliphatic heterocycles. The highest BCUT2D eigenvalue weighted by Crippen LogP contribution is 1.98. The van der Waals surface area contributed by atoms with E-state index in [9.17, 15) is 0 Å². The molecular formula is C22H28. The molecule has 0 heterocycles. The standard InChI is InChI=1S/2C8H8.C6H12/c2*1-2-8-6-4-3-5-7-8;1-3-5-6-4-2/h2*2-7H,1H2;5-6H,3-4H2,1-2H3. The van der Waals surface area contributed by atoms with E-state index in [1.54, 1.807) is 0 Å². The number of allylic oxidation sites excluding steroid dienone is 2. The van der Waals surface area contributed by atoms with E-state index in [1.807, 2.05) is 72.8 Å². The molecule has 2 rings (SSSR count). The van der Waals surface area contributed by atoms with Gasteiger partial charge in [-0.15, -0.1) is 0 Å². The Hall–Kier alpha value is -2.34. The van der Waals surface area contributed by atoms with Gasteiger partial charge in [-0.1, -0.05) is 112 Å². The molecule has 0 radical (unpaired) electrons. The molecule has 0 amide bonds. The molecule has 116 valence electrons. The van der Waals surface area contributed by atoms with E-state index in [1.165, 1.54) is 24.0 Å². The second-order valence-corrected chi connectivity index (χ2v) is 4.52. The zero-order valence-corrected chi connectivity index (χ0v) is 13.9. The van der Waals surface area contributed by atoms with Crippen molar-refractivity contribution in [2.24, 2.45) is 0 Å². The first-order valence-electron chi connectivity index (χ1n) is 7.78. The fraction of sp³-hybridized carbons (Fsp3) is 0.182. The Kier molecular flexibility index (Phi) is 13.5. The predicted octanol–water partition coefficient (Wildman–Crippen LogP) is 7.02. The van der Waals surface area contributed by atoms with Crippen molar-refractivity contribution in [1.82, 2.24) is 0 Å². The van der Waals surface area contributed by atoms with Crippen LogP contribution in [0.1, 0.15) is 37.8 Å². The minimum atomic E-state index is 1.17. The first kappa shape index (κ1) is 19.7. The summed E-state index contributed by atoms with van der Waals surface area (Å²) in [6.45, 7) is 11.6. The van der Waals surface area contributed by atoms with E-state index in [0.717, 1.165) is 0 Å². The van der Waals surface area contributed by atoms with Gasteiger partial charge in [-0.2, -0.15) is 0 Å². The summed E-state index contributed by atoms with van der Waals surface area (Å²) in [5.74, 6) is 0. The van der Waals surface area contributed by atoms with Crippen LogP contribution in [0.5, 0.6) is 0 Å². The Labute approximate surface area is 136 Å². The van der Waals surface area contributed by atoms with Crippen molar-refractivity contribution in [2.75, 3.05) is 0 Å². The van der Waals surface area contributed by atoms with Crippen molar-refractivity contribution in [2.45, 2.75) is 26.7 Å².